The van der Waals surface area contributed by atoms with Crippen molar-refractivity contribution in [3.05, 3.63) is 67.1 Å². The van der Waals surface area contributed by atoms with Crippen LogP contribution >= 0.6 is 11.3 Å². The van der Waals surface area contributed by atoms with Gasteiger partial charge in [0.15, 0.2) is 11.2 Å². The van der Waals surface area contributed by atoms with Crippen LogP contribution in [0.3, 0.4) is 0 Å². The number of nitrogens with one attached hydrogen (secondary N) is 1. The van der Waals surface area contributed by atoms with Gasteiger partial charge in [-0.05, 0) is 19.1 Å². The molecule has 0 aromatic carbocycles. The maximum absolute atomic E-state index is 12.9. The highest BCUT2D eigenvalue weighted by molar-refractivity contribution is 7.17. The predicted molar refractivity (Wildman–Crippen MR) is 112 cm³/mol. The molecule has 0 saturated carbocycles. The van der Waals surface area contributed by atoms with E-state index in [0.717, 1.165) is 4.57 Å². The monoisotopic (exact) mass is 424 g/mol. The molecule has 0 spiro atoms. The number of imidazole rings is 1. The van der Waals surface area contributed by atoms with Gasteiger partial charge in [0, 0.05) is 25.0 Å². The molecular weight excluding hydrogens is 408 g/mol. The van der Waals surface area contributed by atoms with E-state index in [1.165, 1.54) is 29.3 Å². The molecule has 0 bridgehead atoms. The van der Waals surface area contributed by atoms with E-state index in [9.17, 15) is 14.4 Å². The van der Waals surface area contributed by atoms with Crippen molar-refractivity contribution in [1.29, 1.82) is 0 Å². The average molecular weight is 424 g/mol. The number of fused-ring (bicyclic) bond motifs is 2. The summed E-state index contributed by atoms with van der Waals surface area (Å²) in [6.45, 7) is 1.80. The Morgan fingerprint density at radius 2 is 2.00 bits per heavy atom. The topological polar surface area (TPSA) is 121 Å². The molecule has 5 aromatic heterocycles. The molecule has 1 N–H and O–H groups in total. The van der Waals surface area contributed by atoms with Gasteiger partial charge in [0.2, 0.25) is 0 Å². The number of aryl methyl sites for hydroxylation is 1. The first kappa shape index (κ1) is 18.3. The molecule has 0 radical (unpaired) electrons. The van der Waals surface area contributed by atoms with Gasteiger partial charge in [0.05, 0.1) is 24.0 Å². The summed E-state index contributed by atoms with van der Waals surface area (Å²) in [5, 5.41) is 2.29. The summed E-state index contributed by atoms with van der Waals surface area (Å²) >= 11 is 1.34. The highest BCUT2D eigenvalue weighted by Crippen LogP contribution is 2.31. The number of hydrogen-bond acceptors (Lipinski definition) is 7. The molecule has 5 heterocycles. The number of aromatic nitrogens is 6. The molecule has 5 aromatic rings. The number of furan rings is 1. The van der Waals surface area contributed by atoms with Crippen molar-refractivity contribution in [2.45, 2.75) is 13.0 Å². The first-order valence-electron chi connectivity index (χ1n) is 9.06. The Morgan fingerprint density at radius 3 is 2.73 bits per heavy atom. The number of hydrogen-bond donors (Lipinski definition) is 1. The minimum atomic E-state index is -0.494. The Labute approximate surface area is 171 Å². The lowest BCUT2D eigenvalue weighted by Gasteiger charge is -2.14. The van der Waals surface area contributed by atoms with Gasteiger partial charge in [-0.2, -0.15) is 0 Å². The summed E-state index contributed by atoms with van der Waals surface area (Å²) in [5.41, 5.74) is 0.00975. The normalized spacial score (nSPS) is 12.8. The van der Waals surface area contributed by atoms with E-state index in [1.807, 2.05) is 5.38 Å². The van der Waals surface area contributed by atoms with Gasteiger partial charge in [0.1, 0.15) is 16.4 Å². The van der Waals surface area contributed by atoms with E-state index >= 15 is 0 Å². The lowest BCUT2D eigenvalue weighted by atomic mass is 10.2. The third-order valence-corrected chi connectivity index (χ3v) is 6.11. The van der Waals surface area contributed by atoms with Crippen LogP contribution in [0.2, 0.25) is 0 Å². The van der Waals surface area contributed by atoms with Crippen molar-refractivity contribution in [3.63, 3.8) is 0 Å². The second-order valence-electron chi connectivity index (χ2n) is 6.96. The molecule has 0 fully saturated rings. The molecule has 10 nitrogen and oxygen atoms in total. The number of rotatable bonds is 3. The highest BCUT2D eigenvalue weighted by atomic mass is 32.1. The molecule has 1 unspecified atom stereocenters. The zero-order valence-corrected chi connectivity index (χ0v) is 17.1. The van der Waals surface area contributed by atoms with Crippen LogP contribution in [-0.4, -0.2) is 28.7 Å². The molecular formula is C19H16N6O4S. The second-order valence-corrected chi connectivity index (χ2v) is 7.82. The third-order valence-electron chi connectivity index (χ3n) is 5.24. The first-order chi connectivity index (χ1) is 14.4. The molecule has 5 rings (SSSR count). The van der Waals surface area contributed by atoms with Crippen molar-refractivity contribution in [2.24, 2.45) is 14.1 Å². The van der Waals surface area contributed by atoms with Gasteiger partial charge in [-0.1, -0.05) is 0 Å². The summed E-state index contributed by atoms with van der Waals surface area (Å²) in [4.78, 5) is 50.0. The predicted octanol–water partition coefficient (Wildman–Crippen LogP) is 1.60. The van der Waals surface area contributed by atoms with E-state index < -0.39 is 17.3 Å². The summed E-state index contributed by atoms with van der Waals surface area (Å²) in [5.74, 6) is 0.981. The minimum Gasteiger partial charge on any atom is -0.464 e. The lowest BCUT2D eigenvalue weighted by Crippen LogP contribution is -2.37. The quantitative estimate of drug-likeness (QED) is 0.470. The minimum absolute atomic E-state index is 0.261. The summed E-state index contributed by atoms with van der Waals surface area (Å²) in [6.07, 6.45) is 3.03. The average Bonchev–Trinajstić information content (AvgIpc) is 3.48. The van der Waals surface area contributed by atoms with E-state index in [2.05, 4.69) is 15.0 Å². The molecule has 11 heteroatoms. The highest BCUT2D eigenvalue weighted by Gasteiger charge is 2.22. The maximum atomic E-state index is 12.9. The Morgan fingerprint density at radius 1 is 1.20 bits per heavy atom. The van der Waals surface area contributed by atoms with Crippen molar-refractivity contribution in [2.75, 3.05) is 0 Å². The fourth-order valence-corrected chi connectivity index (χ4v) is 4.50. The summed E-state index contributed by atoms with van der Waals surface area (Å²) < 4.78 is 9.38. The third kappa shape index (κ3) is 2.45. The van der Waals surface area contributed by atoms with E-state index in [4.69, 9.17) is 4.42 Å². The first-order valence-corrected chi connectivity index (χ1v) is 9.94. The van der Waals surface area contributed by atoms with Gasteiger partial charge < -0.3 is 14.0 Å². The molecule has 152 valence electrons. The SMILES string of the molecule is CC(c1nc2scc(-c3ccco3)c2c(=O)[nH]1)n1cnc2c1c(=O)n(C)c(=O)n2C. The van der Waals surface area contributed by atoms with Gasteiger partial charge in [-0.15, -0.1) is 11.3 Å². The largest absolute Gasteiger partial charge is 0.464 e. The number of H-pyrrole nitrogens is 1. The fourth-order valence-electron chi connectivity index (χ4n) is 3.57. The molecule has 0 saturated heterocycles. The van der Waals surface area contributed by atoms with E-state index in [-0.39, 0.29) is 16.7 Å². The smallest absolute Gasteiger partial charge is 0.332 e. The zero-order valence-electron chi connectivity index (χ0n) is 16.2. The van der Waals surface area contributed by atoms with Crippen LogP contribution < -0.4 is 16.8 Å². The van der Waals surface area contributed by atoms with Crippen LogP contribution in [0.1, 0.15) is 18.8 Å². The van der Waals surface area contributed by atoms with Crippen LogP contribution in [0.4, 0.5) is 0 Å². The van der Waals surface area contributed by atoms with Crippen molar-refractivity contribution >= 4 is 32.7 Å². The summed E-state index contributed by atoms with van der Waals surface area (Å²) in [6, 6.07) is 3.05. The van der Waals surface area contributed by atoms with Crippen molar-refractivity contribution in [3.8, 4) is 11.3 Å². The van der Waals surface area contributed by atoms with Crippen LogP contribution in [-0.2, 0) is 14.1 Å². The lowest BCUT2D eigenvalue weighted by molar-refractivity contribution is 0.583. The van der Waals surface area contributed by atoms with Gasteiger partial charge in [-0.25, -0.2) is 14.8 Å². The molecule has 0 aliphatic carbocycles. The van der Waals surface area contributed by atoms with Gasteiger partial charge in [0.25, 0.3) is 11.1 Å². The van der Waals surface area contributed by atoms with E-state index in [0.29, 0.717) is 27.4 Å². The van der Waals surface area contributed by atoms with Crippen molar-refractivity contribution in [1.82, 2.24) is 28.7 Å². The Kier molecular flexibility index (Phi) is 3.90. The Balaban J connectivity index is 1.70. The van der Waals surface area contributed by atoms with Crippen LogP contribution in [0, 0.1) is 0 Å². The Bertz CT molecular complexity index is 1600. The molecule has 0 aliphatic heterocycles. The van der Waals surface area contributed by atoms with Crippen molar-refractivity contribution < 1.29 is 4.42 Å². The summed E-state index contributed by atoms with van der Waals surface area (Å²) in [7, 11) is 2.97. The van der Waals surface area contributed by atoms with Gasteiger partial charge in [-0.3, -0.25) is 18.7 Å². The molecule has 1 atom stereocenters. The standard InChI is InChI=1S/C19H16N6O4S/c1-9(25-8-20-15-13(25)18(27)24(3)19(28)23(15)2)14-21-16(26)12-10(7-30-17(12)22-14)11-5-4-6-29-11/h4-9H,1-3H3,(H,21,22,26). The number of aromatic amines is 1. The fraction of sp³-hybridized carbons (Fsp3) is 0.211. The Hall–Kier alpha value is -3.73. The second kappa shape index (κ2) is 6.39. The van der Waals surface area contributed by atoms with E-state index in [1.54, 1.807) is 36.9 Å². The molecule has 30 heavy (non-hydrogen) atoms. The number of nitrogens with zero attached hydrogens (tertiary/aromatic N) is 5. The maximum Gasteiger partial charge on any atom is 0.332 e. The zero-order chi connectivity index (χ0) is 21.2. The molecule has 0 aliphatic rings. The molecule has 0 amide bonds. The van der Waals surface area contributed by atoms with Crippen LogP contribution in [0.15, 0.2) is 48.9 Å². The van der Waals surface area contributed by atoms with Gasteiger partial charge >= 0.3 is 5.69 Å². The number of thiophene rings is 1. The van der Waals surface area contributed by atoms with Crippen LogP contribution in [0.25, 0.3) is 32.7 Å². The van der Waals surface area contributed by atoms with Crippen LogP contribution in [0.5, 0.6) is 0 Å².